The molecule has 7 nitrogen and oxygen atoms in total. The normalized spacial score (nSPS) is 11.0. The quantitative estimate of drug-likeness (QED) is 0.842. The number of nitrogens with zero attached hydrogens (tertiary/aromatic N) is 4. The van der Waals surface area contributed by atoms with Crippen molar-refractivity contribution in [3.05, 3.63) is 34.2 Å². The van der Waals surface area contributed by atoms with Crippen molar-refractivity contribution in [2.75, 3.05) is 12.4 Å². The number of aromatic nitrogens is 4. The fraction of sp³-hybridized carbons (Fsp3) is 0.0909. The van der Waals surface area contributed by atoms with E-state index in [2.05, 4.69) is 25.9 Å². The molecule has 0 aliphatic carbocycles. The van der Waals surface area contributed by atoms with Gasteiger partial charge in [0, 0.05) is 12.3 Å². The first-order valence-corrected chi connectivity index (χ1v) is 6.05. The van der Waals surface area contributed by atoms with E-state index in [9.17, 15) is 0 Å². The second-order valence-electron chi connectivity index (χ2n) is 3.52. The highest BCUT2D eigenvalue weighted by molar-refractivity contribution is 6.36. The Kier molecular flexibility index (Phi) is 4.40. The van der Waals surface area contributed by atoms with Crippen molar-refractivity contribution < 1.29 is 4.74 Å². The largest absolute Gasteiger partial charge is 0.495 e. The average Bonchev–Trinajstić information content (AvgIpc) is 2.96. The van der Waals surface area contributed by atoms with Crippen molar-refractivity contribution in [3.8, 4) is 11.8 Å². The first-order valence-electron chi connectivity index (χ1n) is 5.29. The molecule has 1 heterocycles. The molecule has 0 spiro atoms. The Bertz CT molecular complexity index is 677. The average molecular weight is 311 g/mol. The van der Waals surface area contributed by atoms with Gasteiger partial charge in [0.25, 0.3) is 0 Å². The summed E-state index contributed by atoms with van der Waals surface area (Å²) in [5.41, 5.74) is 0.718. The summed E-state index contributed by atoms with van der Waals surface area (Å²) in [6.07, 6.45) is 1.41. The molecule has 2 N–H and O–H groups in total. The van der Waals surface area contributed by atoms with Crippen LogP contribution in [0.5, 0.6) is 5.75 Å². The van der Waals surface area contributed by atoms with Crippen LogP contribution < -0.4 is 10.1 Å². The first kappa shape index (κ1) is 14.1. The van der Waals surface area contributed by atoms with Gasteiger partial charge in [-0.2, -0.15) is 10.5 Å². The van der Waals surface area contributed by atoms with Crippen molar-refractivity contribution in [2.24, 2.45) is 0 Å². The van der Waals surface area contributed by atoms with Crippen LogP contribution in [0.4, 0.5) is 5.69 Å². The van der Waals surface area contributed by atoms with Crippen molar-refractivity contribution >= 4 is 34.5 Å². The zero-order chi connectivity index (χ0) is 14.5. The number of halogens is 2. The number of aromatic amines is 1. The molecule has 0 fully saturated rings. The lowest BCUT2D eigenvalue weighted by molar-refractivity contribution is 0.415. The van der Waals surface area contributed by atoms with Gasteiger partial charge in [-0.1, -0.05) is 23.2 Å². The number of hydrogen-bond acceptors (Lipinski definition) is 6. The molecular formula is C11H8Cl2N6O. The van der Waals surface area contributed by atoms with Crippen LogP contribution in [-0.2, 0) is 0 Å². The Morgan fingerprint density at radius 1 is 1.45 bits per heavy atom. The van der Waals surface area contributed by atoms with Crippen LogP contribution in [0.15, 0.2) is 18.3 Å². The van der Waals surface area contributed by atoms with Crippen LogP contribution in [0.3, 0.4) is 0 Å². The number of benzene rings is 1. The van der Waals surface area contributed by atoms with E-state index in [1.807, 2.05) is 6.07 Å². The van der Waals surface area contributed by atoms with Crippen molar-refractivity contribution in [1.29, 1.82) is 5.26 Å². The third kappa shape index (κ3) is 2.99. The maximum Gasteiger partial charge on any atom is 0.216 e. The molecule has 0 saturated heterocycles. The molecule has 0 aliphatic rings. The Morgan fingerprint density at radius 2 is 2.25 bits per heavy atom. The van der Waals surface area contributed by atoms with Gasteiger partial charge in [0.1, 0.15) is 17.4 Å². The van der Waals surface area contributed by atoms with Crippen LogP contribution in [0.1, 0.15) is 5.82 Å². The molecule has 0 amide bonds. The minimum Gasteiger partial charge on any atom is -0.495 e. The van der Waals surface area contributed by atoms with Crippen molar-refractivity contribution in [1.82, 2.24) is 20.6 Å². The number of rotatable bonds is 4. The SMILES string of the molecule is COc1cc(Cl)c(NC=C(C#N)c2nn[nH]n2)cc1Cl. The van der Waals surface area contributed by atoms with E-state index in [1.165, 1.54) is 13.3 Å². The second kappa shape index (κ2) is 6.23. The lowest BCUT2D eigenvalue weighted by Gasteiger charge is -2.08. The number of allylic oxidation sites excluding steroid dienone is 1. The molecule has 2 rings (SSSR count). The molecule has 20 heavy (non-hydrogen) atoms. The van der Waals surface area contributed by atoms with E-state index >= 15 is 0 Å². The Morgan fingerprint density at radius 3 is 2.85 bits per heavy atom. The molecule has 0 unspecified atom stereocenters. The van der Waals surface area contributed by atoms with E-state index in [0.717, 1.165) is 0 Å². The smallest absolute Gasteiger partial charge is 0.216 e. The topological polar surface area (TPSA) is 99.5 Å². The van der Waals surface area contributed by atoms with E-state index in [4.69, 9.17) is 33.2 Å². The molecule has 0 bridgehead atoms. The van der Waals surface area contributed by atoms with E-state index in [-0.39, 0.29) is 11.4 Å². The molecule has 1 aromatic carbocycles. The fourth-order valence-electron chi connectivity index (χ4n) is 1.37. The van der Waals surface area contributed by atoms with E-state index in [0.29, 0.717) is 21.5 Å². The highest BCUT2D eigenvalue weighted by Crippen LogP contribution is 2.34. The Hall–Kier alpha value is -2.30. The Labute approximate surface area is 124 Å². The van der Waals surface area contributed by atoms with Gasteiger partial charge in [0.2, 0.25) is 5.82 Å². The molecule has 9 heteroatoms. The number of H-pyrrole nitrogens is 1. The predicted octanol–water partition coefficient (Wildman–Crippen LogP) is 2.49. The van der Waals surface area contributed by atoms with Gasteiger partial charge < -0.3 is 10.1 Å². The van der Waals surface area contributed by atoms with Gasteiger partial charge in [-0.3, -0.25) is 0 Å². The fourth-order valence-corrected chi connectivity index (χ4v) is 1.82. The van der Waals surface area contributed by atoms with Gasteiger partial charge >= 0.3 is 0 Å². The molecule has 0 saturated carbocycles. The van der Waals surface area contributed by atoms with Gasteiger partial charge in [0.05, 0.1) is 22.8 Å². The number of anilines is 1. The second-order valence-corrected chi connectivity index (χ2v) is 4.33. The highest BCUT2D eigenvalue weighted by Gasteiger charge is 2.09. The number of nitriles is 1. The third-order valence-corrected chi connectivity index (χ3v) is 2.93. The summed E-state index contributed by atoms with van der Waals surface area (Å²) >= 11 is 12.1. The van der Waals surface area contributed by atoms with E-state index < -0.39 is 0 Å². The molecule has 2 aromatic rings. The van der Waals surface area contributed by atoms with Gasteiger partial charge in [-0.15, -0.1) is 10.2 Å². The van der Waals surface area contributed by atoms with Crippen molar-refractivity contribution in [2.45, 2.75) is 0 Å². The lowest BCUT2D eigenvalue weighted by Crippen LogP contribution is -1.95. The molecule has 0 aliphatic heterocycles. The van der Waals surface area contributed by atoms with Gasteiger partial charge in [0.15, 0.2) is 0 Å². The van der Waals surface area contributed by atoms with Crippen LogP contribution in [-0.4, -0.2) is 27.7 Å². The molecule has 0 radical (unpaired) electrons. The van der Waals surface area contributed by atoms with Crippen molar-refractivity contribution in [3.63, 3.8) is 0 Å². The summed E-state index contributed by atoms with van der Waals surface area (Å²) in [5, 5.41) is 25.7. The molecular weight excluding hydrogens is 303 g/mol. The van der Waals surface area contributed by atoms with Crippen LogP contribution in [0.2, 0.25) is 10.0 Å². The summed E-state index contributed by atoms with van der Waals surface area (Å²) in [6.45, 7) is 0. The first-order chi connectivity index (χ1) is 9.65. The van der Waals surface area contributed by atoms with Crippen LogP contribution in [0, 0.1) is 11.3 Å². The number of ether oxygens (including phenoxy) is 1. The summed E-state index contributed by atoms with van der Waals surface area (Å²) in [6, 6.07) is 5.10. The molecule has 102 valence electrons. The number of tetrazole rings is 1. The summed E-state index contributed by atoms with van der Waals surface area (Å²) in [4.78, 5) is 0. The van der Waals surface area contributed by atoms with Gasteiger partial charge in [-0.05, 0) is 11.3 Å². The number of methoxy groups -OCH3 is 1. The number of nitrogens with one attached hydrogen (secondary N) is 2. The summed E-state index contributed by atoms with van der Waals surface area (Å²) in [7, 11) is 1.49. The zero-order valence-electron chi connectivity index (χ0n) is 10.2. The third-order valence-electron chi connectivity index (χ3n) is 2.32. The molecule has 0 atom stereocenters. The number of hydrogen-bond donors (Lipinski definition) is 2. The maximum absolute atomic E-state index is 9.02. The van der Waals surface area contributed by atoms with Gasteiger partial charge in [-0.25, -0.2) is 0 Å². The Balaban J connectivity index is 2.27. The highest BCUT2D eigenvalue weighted by atomic mass is 35.5. The summed E-state index contributed by atoms with van der Waals surface area (Å²) < 4.78 is 5.04. The molecule has 1 aromatic heterocycles. The standard InChI is InChI=1S/C11H8Cl2N6O/c1-20-10-3-7(12)9(2-8(10)13)15-5-6(4-14)11-16-18-19-17-11/h2-3,5,15H,1H3,(H,16,17,18,19). The summed E-state index contributed by atoms with van der Waals surface area (Å²) in [5.74, 6) is 0.639. The van der Waals surface area contributed by atoms with Crippen LogP contribution >= 0.6 is 23.2 Å². The minimum absolute atomic E-state index is 0.177. The van der Waals surface area contributed by atoms with E-state index in [1.54, 1.807) is 12.1 Å². The zero-order valence-corrected chi connectivity index (χ0v) is 11.7. The predicted molar refractivity (Wildman–Crippen MR) is 74.4 cm³/mol. The maximum atomic E-state index is 9.02. The lowest BCUT2D eigenvalue weighted by atomic mass is 10.2. The van der Waals surface area contributed by atoms with Crippen LogP contribution in [0.25, 0.3) is 5.57 Å². The minimum atomic E-state index is 0.177. The monoisotopic (exact) mass is 310 g/mol.